The first-order valence-electron chi connectivity index (χ1n) is 6.91. The van der Waals surface area contributed by atoms with Gasteiger partial charge in [0.25, 0.3) is 0 Å². The molecular weight excluding hydrogens is 256 g/mol. The summed E-state index contributed by atoms with van der Waals surface area (Å²) in [5.74, 6) is -1.26. The van der Waals surface area contributed by atoms with Crippen LogP contribution in [0.1, 0.15) is 31.4 Å². The minimum atomic E-state index is -0.821. The Morgan fingerprint density at radius 1 is 1.35 bits per heavy atom. The Hall–Kier alpha value is -2.04. The van der Waals surface area contributed by atoms with E-state index in [1.807, 2.05) is 37.3 Å². The number of carboxylic acids is 1. The van der Waals surface area contributed by atoms with E-state index in [9.17, 15) is 9.59 Å². The summed E-state index contributed by atoms with van der Waals surface area (Å²) < 4.78 is 0. The molecule has 1 aliphatic heterocycles. The van der Waals surface area contributed by atoms with Crippen molar-refractivity contribution in [1.82, 2.24) is 10.2 Å². The van der Waals surface area contributed by atoms with E-state index in [0.29, 0.717) is 19.5 Å². The zero-order valence-corrected chi connectivity index (χ0v) is 11.6. The van der Waals surface area contributed by atoms with Gasteiger partial charge >= 0.3 is 12.0 Å². The molecule has 5 nitrogen and oxygen atoms in total. The van der Waals surface area contributed by atoms with Crippen LogP contribution in [0, 0.1) is 5.92 Å². The molecule has 1 saturated heterocycles. The number of carboxylic acid groups (broad SMARTS) is 1. The first-order chi connectivity index (χ1) is 9.58. The van der Waals surface area contributed by atoms with Gasteiger partial charge in [-0.05, 0) is 25.3 Å². The summed E-state index contributed by atoms with van der Waals surface area (Å²) in [5, 5.41) is 12.0. The summed E-state index contributed by atoms with van der Waals surface area (Å²) in [5.41, 5.74) is 1.03. The molecule has 5 heteroatoms. The Bertz CT molecular complexity index is 475. The van der Waals surface area contributed by atoms with Crippen molar-refractivity contribution in [3.63, 3.8) is 0 Å². The van der Waals surface area contributed by atoms with Gasteiger partial charge in [-0.15, -0.1) is 0 Å². The number of likely N-dealkylation sites (tertiary alicyclic amines) is 1. The second-order valence-electron chi connectivity index (χ2n) is 5.21. The Balaban J connectivity index is 1.93. The lowest BCUT2D eigenvalue weighted by atomic mass is 9.98. The maximum absolute atomic E-state index is 12.2. The fourth-order valence-electron chi connectivity index (χ4n) is 2.46. The molecule has 0 bridgehead atoms. The number of nitrogens with zero attached hydrogens (tertiary/aromatic N) is 1. The van der Waals surface area contributed by atoms with E-state index in [1.165, 1.54) is 0 Å². The molecular formula is C15H20N2O3. The van der Waals surface area contributed by atoms with Crippen LogP contribution in [0.25, 0.3) is 0 Å². The molecule has 1 aromatic carbocycles. The molecule has 1 heterocycles. The molecule has 2 atom stereocenters. The highest BCUT2D eigenvalue weighted by molar-refractivity contribution is 5.76. The quantitative estimate of drug-likeness (QED) is 0.889. The zero-order chi connectivity index (χ0) is 14.5. The van der Waals surface area contributed by atoms with Gasteiger partial charge in [0.05, 0.1) is 12.0 Å². The lowest BCUT2D eigenvalue weighted by molar-refractivity contribution is -0.143. The number of rotatable bonds is 3. The topological polar surface area (TPSA) is 69.6 Å². The highest BCUT2D eigenvalue weighted by atomic mass is 16.4. The van der Waals surface area contributed by atoms with Gasteiger partial charge in [0, 0.05) is 13.1 Å². The maximum atomic E-state index is 12.2. The number of aliphatic carboxylic acids is 1. The molecule has 0 aliphatic carbocycles. The Morgan fingerprint density at radius 3 is 2.70 bits per heavy atom. The molecule has 1 unspecified atom stereocenters. The third kappa shape index (κ3) is 3.50. The van der Waals surface area contributed by atoms with Crippen LogP contribution in [0.15, 0.2) is 30.3 Å². The molecule has 2 N–H and O–H groups in total. The number of piperidine rings is 1. The number of carbonyl (C=O) groups excluding carboxylic acids is 1. The van der Waals surface area contributed by atoms with Gasteiger partial charge in [0.15, 0.2) is 0 Å². The van der Waals surface area contributed by atoms with Gasteiger partial charge in [-0.25, -0.2) is 4.79 Å². The number of amides is 2. The van der Waals surface area contributed by atoms with Crippen LogP contribution in [-0.2, 0) is 4.79 Å². The number of carbonyl (C=O) groups is 2. The van der Waals surface area contributed by atoms with E-state index in [2.05, 4.69) is 5.32 Å². The second kappa shape index (κ2) is 6.41. The number of benzene rings is 1. The summed E-state index contributed by atoms with van der Waals surface area (Å²) in [6.07, 6.45) is 1.39. The van der Waals surface area contributed by atoms with Crippen LogP contribution in [0.5, 0.6) is 0 Å². The standard InChI is InChI=1S/C15H20N2O3/c1-11(12-6-3-2-4-7-12)16-15(20)17-9-5-8-13(10-17)14(18)19/h2-4,6-7,11,13H,5,8-10H2,1H3,(H,16,20)(H,18,19)/t11-,13?/m0/s1. The number of hydrogen-bond donors (Lipinski definition) is 2. The van der Waals surface area contributed by atoms with Crippen molar-refractivity contribution >= 4 is 12.0 Å². The third-order valence-electron chi connectivity index (χ3n) is 3.70. The van der Waals surface area contributed by atoms with Gasteiger partial charge in [0.1, 0.15) is 0 Å². The molecule has 20 heavy (non-hydrogen) atoms. The first-order valence-corrected chi connectivity index (χ1v) is 6.91. The summed E-state index contributed by atoms with van der Waals surface area (Å²) in [7, 11) is 0. The van der Waals surface area contributed by atoms with Crippen molar-refractivity contribution in [3.8, 4) is 0 Å². The molecule has 0 saturated carbocycles. The van der Waals surface area contributed by atoms with Gasteiger partial charge in [-0.3, -0.25) is 4.79 Å². The van der Waals surface area contributed by atoms with Crippen molar-refractivity contribution in [2.45, 2.75) is 25.8 Å². The highest BCUT2D eigenvalue weighted by Crippen LogP contribution is 2.18. The Kier molecular flexibility index (Phi) is 4.61. The average Bonchev–Trinajstić information content (AvgIpc) is 2.48. The molecule has 2 amide bonds. The van der Waals surface area contributed by atoms with E-state index in [4.69, 9.17) is 5.11 Å². The van der Waals surface area contributed by atoms with Gasteiger partial charge in [0.2, 0.25) is 0 Å². The largest absolute Gasteiger partial charge is 0.481 e. The molecule has 0 radical (unpaired) electrons. The normalized spacial score (nSPS) is 20.2. The molecule has 1 fully saturated rings. The van der Waals surface area contributed by atoms with E-state index in [0.717, 1.165) is 12.0 Å². The van der Waals surface area contributed by atoms with Crippen molar-refractivity contribution in [2.24, 2.45) is 5.92 Å². The van der Waals surface area contributed by atoms with Crippen LogP contribution in [0.3, 0.4) is 0 Å². The minimum Gasteiger partial charge on any atom is -0.481 e. The van der Waals surface area contributed by atoms with Crippen LogP contribution >= 0.6 is 0 Å². The molecule has 2 rings (SSSR count). The van der Waals surface area contributed by atoms with Crippen LogP contribution < -0.4 is 5.32 Å². The Labute approximate surface area is 118 Å². The van der Waals surface area contributed by atoms with E-state index < -0.39 is 11.9 Å². The third-order valence-corrected chi connectivity index (χ3v) is 3.70. The number of nitrogens with one attached hydrogen (secondary N) is 1. The van der Waals surface area contributed by atoms with Gasteiger partial charge < -0.3 is 15.3 Å². The maximum Gasteiger partial charge on any atom is 0.317 e. The summed E-state index contributed by atoms with van der Waals surface area (Å²) in [6, 6.07) is 9.43. The fourth-order valence-corrected chi connectivity index (χ4v) is 2.46. The minimum absolute atomic E-state index is 0.0890. The lowest BCUT2D eigenvalue weighted by Crippen LogP contribution is -2.47. The van der Waals surface area contributed by atoms with Gasteiger partial charge in [-0.2, -0.15) is 0 Å². The molecule has 108 valence electrons. The first kappa shape index (κ1) is 14.4. The van der Waals surface area contributed by atoms with Crippen molar-refractivity contribution < 1.29 is 14.7 Å². The smallest absolute Gasteiger partial charge is 0.317 e. The van der Waals surface area contributed by atoms with Gasteiger partial charge in [-0.1, -0.05) is 30.3 Å². The van der Waals surface area contributed by atoms with Crippen molar-refractivity contribution in [2.75, 3.05) is 13.1 Å². The molecule has 0 spiro atoms. The second-order valence-corrected chi connectivity index (χ2v) is 5.21. The van der Waals surface area contributed by atoms with E-state index in [-0.39, 0.29) is 12.1 Å². The summed E-state index contributed by atoms with van der Waals surface area (Å²) >= 11 is 0. The number of urea groups is 1. The number of hydrogen-bond acceptors (Lipinski definition) is 2. The Morgan fingerprint density at radius 2 is 2.05 bits per heavy atom. The van der Waals surface area contributed by atoms with Crippen LogP contribution in [0.4, 0.5) is 4.79 Å². The lowest BCUT2D eigenvalue weighted by Gasteiger charge is -2.31. The zero-order valence-electron chi connectivity index (χ0n) is 11.6. The van der Waals surface area contributed by atoms with E-state index in [1.54, 1.807) is 4.90 Å². The summed E-state index contributed by atoms with van der Waals surface area (Å²) in [6.45, 7) is 2.84. The molecule has 1 aromatic rings. The summed E-state index contributed by atoms with van der Waals surface area (Å²) in [4.78, 5) is 24.8. The molecule has 1 aliphatic rings. The van der Waals surface area contributed by atoms with Crippen LogP contribution in [0.2, 0.25) is 0 Å². The van der Waals surface area contributed by atoms with Crippen molar-refractivity contribution in [3.05, 3.63) is 35.9 Å². The van der Waals surface area contributed by atoms with Crippen LogP contribution in [-0.4, -0.2) is 35.1 Å². The van der Waals surface area contributed by atoms with Crippen molar-refractivity contribution in [1.29, 1.82) is 0 Å². The predicted octanol–water partition coefficient (Wildman–Crippen LogP) is 2.25. The molecule has 0 aromatic heterocycles. The fraction of sp³-hybridized carbons (Fsp3) is 0.467. The SMILES string of the molecule is C[C@H](NC(=O)N1CCCC(C(=O)O)C1)c1ccccc1. The average molecular weight is 276 g/mol. The van der Waals surface area contributed by atoms with E-state index >= 15 is 0 Å². The highest BCUT2D eigenvalue weighted by Gasteiger charge is 2.28. The monoisotopic (exact) mass is 276 g/mol. The predicted molar refractivity (Wildman–Crippen MR) is 75.3 cm³/mol.